The third-order valence-electron chi connectivity index (χ3n) is 6.90. The van der Waals surface area contributed by atoms with Crippen molar-refractivity contribution < 1.29 is 14.6 Å². The number of rotatable bonds is 7. The van der Waals surface area contributed by atoms with Gasteiger partial charge in [0.2, 0.25) is 5.91 Å². The maximum absolute atomic E-state index is 13.0. The lowest BCUT2D eigenvalue weighted by Crippen LogP contribution is -2.62. The van der Waals surface area contributed by atoms with Gasteiger partial charge in [-0.2, -0.15) is 0 Å². The van der Waals surface area contributed by atoms with Gasteiger partial charge in [-0.1, -0.05) is 23.2 Å². The van der Waals surface area contributed by atoms with Crippen molar-refractivity contribution in [3.63, 3.8) is 0 Å². The predicted molar refractivity (Wildman–Crippen MR) is 111 cm³/mol. The van der Waals surface area contributed by atoms with E-state index in [1.165, 1.54) is 12.8 Å². The molecular weight excluding hydrogens is 397 g/mol. The zero-order valence-electron chi connectivity index (χ0n) is 16.4. The van der Waals surface area contributed by atoms with E-state index < -0.39 is 5.60 Å². The highest BCUT2D eigenvalue weighted by Crippen LogP contribution is 2.57. The largest absolute Gasteiger partial charge is 0.492 e. The lowest BCUT2D eigenvalue weighted by Gasteiger charge is -2.60. The van der Waals surface area contributed by atoms with Crippen molar-refractivity contribution in [1.82, 2.24) is 4.90 Å². The van der Waals surface area contributed by atoms with Crippen LogP contribution in [0.25, 0.3) is 0 Å². The van der Waals surface area contributed by atoms with E-state index in [9.17, 15) is 9.90 Å². The Balaban J connectivity index is 1.31. The topological polar surface area (TPSA) is 49.8 Å². The van der Waals surface area contributed by atoms with Gasteiger partial charge in [-0.25, -0.2) is 0 Å². The van der Waals surface area contributed by atoms with E-state index in [2.05, 4.69) is 11.8 Å². The van der Waals surface area contributed by atoms with Crippen LogP contribution in [-0.2, 0) is 4.79 Å². The molecule has 0 heterocycles. The molecule has 0 radical (unpaired) electrons. The highest BCUT2D eigenvalue weighted by atomic mass is 35.5. The number of halogens is 2. The molecule has 154 valence electrons. The van der Waals surface area contributed by atoms with Crippen molar-refractivity contribution in [2.75, 3.05) is 13.2 Å². The van der Waals surface area contributed by atoms with Gasteiger partial charge in [-0.15, -0.1) is 0 Å². The normalized spacial score (nSPS) is 33.1. The lowest BCUT2D eigenvalue weighted by atomic mass is 9.52. The summed E-state index contributed by atoms with van der Waals surface area (Å²) in [6, 6.07) is 5.46. The number of benzene rings is 1. The SMILES string of the molecule is CCN(C(=O)CCCOc1ccc(Cl)cc1Cl)C1C2CC3CC1CC(O)(C3)C2. The number of nitrogens with zero attached hydrogens (tertiary/aromatic N) is 1. The highest BCUT2D eigenvalue weighted by Gasteiger charge is 2.56. The maximum atomic E-state index is 13.0. The van der Waals surface area contributed by atoms with Gasteiger partial charge < -0.3 is 14.7 Å². The summed E-state index contributed by atoms with van der Waals surface area (Å²) >= 11 is 12.0. The molecule has 2 atom stereocenters. The minimum absolute atomic E-state index is 0.206. The molecule has 4 saturated carbocycles. The van der Waals surface area contributed by atoms with E-state index in [1.54, 1.807) is 18.2 Å². The summed E-state index contributed by atoms with van der Waals surface area (Å²) < 4.78 is 5.71. The molecule has 1 amide bonds. The molecule has 0 saturated heterocycles. The van der Waals surface area contributed by atoms with Gasteiger partial charge in [0.25, 0.3) is 0 Å². The summed E-state index contributed by atoms with van der Waals surface area (Å²) in [5, 5.41) is 11.9. The predicted octanol–water partition coefficient (Wildman–Crippen LogP) is 4.94. The van der Waals surface area contributed by atoms with Crippen molar-refractivity contribution in [3.8, 4) is 5.75 Å². The van der Waals surface area contributed by atoms with Gasteiger partial charge in [0.05, 0.1) is 17.2 Å². The molecule has 4 nitrogen and oxygen atoms in total. The molecule has 28 heavy (non-hydrogen) atoms. The van der Waals surface area contributed by atoms with Crippen LogP contribution in [0.5, 0.6) is 5.75 Å². The second kappa shape index (κ2) is 8.04. The molecule has 1 N–H and O–H groups in total. The van der Waals surface area contributed by atoms with Crippen LogP contribution in [0.15, 0.2) is 18.2 Å². The first kappa shape index (κ1) is 20.3. The van der Waals surface area contributed by atoms with Gasteiger partial charge in [0, 0.05) is 24.0 Å². The summed E-state index contributed by atoms with van der Waals surface area (Å²) in [5.74, 6) is 2.39. The molecule has 4 fully saturated rings. The van der Waals surface area contributed by atoms with E-state index in [0.717, 1.165) is 25.8 Å². The van der Waals surface area contributed by atoms with E-state index in [4.69, 9.17) is 27.9 Å². The van der Waals surface area contributed by atoms with Crippen LogP contribution in [0.1, 0.15) is 51.9 Å². The van der Waals surface area contributed by atoms with Crippen molar-refractivity contribution in [1.29, 1.82) is 0 Å². The van der Waals surface area contributed by atoms with Crippen LogP contribution in [-0.4, -0.2) is 40.7 Å². The monoisotopic (exact) mass is 425 g/mol. The summed E-state index contributed by atoms with van der Waals surface area (Å²) in [4.78, 5) is 15.1. The Bertz CT molecular complexity index is 724. The quantitative estimate of drug-likeness (QED) is 0.629. The number of hydrogen-bond acceptors (Lipinski definition) is 3. The standard InChI is InChI=1S/C22H29Cl2NO3/c1-2-25(21-15-8-14-9-16(21)13-22(27,11-14)12-15)20(26)4-3-7-28-19-6-5-17(23)10-18(19)24/h5-6,10,14-16,21,27H,2-4,7-9,11-13H2,1H3. The molecule has 6 heteroatoms. The average Bonchev–Trinajstić information content (AvgIpc) is 2.61. The molecule has 1 aromatic carbocycles. The van der Waals surface area contributed by atoms with Crippen LogP contribution in [0, 0.1) is 17.8 Å². The third kappa shape index (κ3) is 4.01. The number of amides is 1. The first-order valence-corrected chi connectivity index (χ1v) is 11.2. The Morgan fingerprint density at radius 2 is 1.96 bits per heavy atom. The summed E-state index contributed by atoms with van der Waals surface area (Å²) in [6.07, 6.45) is 6.18. The van der Waals surface area contributed by atoms with E-state index in [0.29, 0.717) is 59.0 Å². The minimum Gasteiger partial charge on any atom is -0.492 e. The Kier molecular flexibility index (Phi) is 5.83. The second-order valence-electron chi connectivity index (χ2n) is 8.89. The Morgan fingerprint density at radius 3 is 2.57 bits per heavy atom. The first-order valence-electron chi connectivity index (χ1n) is 10.5. The first-order chi connectivity index (χ1) is 13.4. The summed E-state index contributed by atoms with van der Waals surface area (Å²) in [7, 11) is 0. The highest BCUT2D eigenvalue weighted by molar-refractivity contribution is 6.35. The van der Waals surface area contributed by atoms with Crippen molar-refractivity contribution in [2.45, 2.75) is 63.5 Å². The van der Waals surface area contributed by atoms with Crippen LogP contribution in [0.3, 0.4) is 0 Å². The van der Waals surface area contributed by atoms with Crippen LogP contribution in [0.4, 0.5) is 0 Å². The lowest BCUT2D eigenvalue weighted by molar-refractivity contribution is -0.170. The Labute approximate surface area is 177 Å². The molecule has 4 bridgehead atoms. The zero-order valence-corrected chi connectivity index (χ0v) is 17.9. The molecule has 2 unspecified atom stereocenters. The fourth-order valence-electron chi connectivity index (χ4n) is 6.16. The van der Waals surface area contributed by atoms with Gasteiger partial charge in [0.15, 0.2) is 0 Å². The fourth-order valence-corrected chi connectivity index (χ4v) is 6.62. The smallest absolute Gasteiger partial charge is 0.222 e. The summed E-state index contributed by atoms with van der Waals surface area (Å²) in [5.41, 5.74) is -0.457. The van der Waals surface area contributed by atoms with Crippen molar-refractivity contribution >= 4 is 29.1 Å². The molecule has 5 rings (SSSR count). The van der Waals surface area contributed by atoms with Crippen LogP contribution in [0.2, 0.25) is 10.0 Å². The van der Waals surface area contributed by atoms with E-state index in [1.807, 2.05) is 0 Å². The Morgan fingerprint density at radius 1 is 1.25 bits per heavy atom. The average molecular weight is 426 g/mol. The number of ether oxygens (including phenoxy) is 1. The van der Waals surface area contributed by atoms with Gasteiger partial charge in [-0.05, 0) is 81.4 Å². The summed E-state index contributed by atoms with van der Waals surface area (Å²) in [6.45, 7) is 3.26. The minimum atomic E-state index is -0.457. The Hall–Kier alpha value is -0.970. The number of carbonyl (C=O) groups excluding carboxylic acids is 1. The van der Waals surface area contributed by atoms with Crippen LogP contribution >= 0.6 is 23.2 Å². The number of hydrogen-bond donors (Lipinski definition) is 1. The van der Waals surface area contributed by atoms with Gasteiger partial charge >= 0.3 is 0 Å². The van der Waals surface area contributed by atoms with Crippen LogP contribution < -0.4 is 4.74 Å². The zero-order chi connectivity index (χ0) is 19.9. The molecular formula is C22H29Cl2NO3. The number of carbonyl (C=O) groups is 1. The maximum Gasteiger partial charge on any atom is 0.222 e. The van der Waals surface area contributed by atoms with Crippen molar-refractivity contribution in [2.24, 2.45) is 17.8 Å². The third-order valence-corrected chi connectivity index (χ3v) is 7.43. The molecule has 0 aromatic heterocycles. The second-order valence-corrected chi connectivity index (χ2v) is 9.74. The van der Waals surface area contributed by atoms with E-state index >= 15 is 0 Å². The van der Waals surface area contributed by atoms with Gasteiger partial charge in [0.1, 0.15) is 5.75 Å². The van der Waals surface area contributed by atoms with E-state index in [-0.39, 0.29) is 5.91 Å². The molecule has 0 spiro atoms. The van der Waals surface area contributed by atoms with Gasteiger partial charge in [-0.3, -0.25) is 4.79 Å². The molecule has 1 aromatic rings. The fraction of sp³-hybridized carbons (Fsp3) is 0.682. The molecule has 4 aliphatic carbocycles. The molecule has 4 aliphatic rings. The van der Waals surface area contributed by atoms with Crippen molar-refractivity contribution in [3.05, 3.63) is 28.2 Å². The molecule has 0 aliphatic heterocycles. The number of aliphatic hydroxyl groups is 1.